The van der Waals surface area contributed by atoms with Crippen molar-refractivity contribution >= 4 is 23.5 Å². The van der Waals surface area contributed by atoms with Gasteiger partial charge in [-0.25, -0.2) is 4.98 Å². The number of rotatable bonds is 6. The SMILES string of the molecule is CCOc1ccc(-n2c(SCc3ccc(C)cc3)nc3c(c2=O)SCC3)cc1. The summed E-state index contributed by atoms with van der Waals surface area (Å²) in [5, 5.41) is 0.746. The molecule has 1 aromatic heterocycles. The van der Waals surface area contributed by atoms with Gasteiger partial charge in [0.2, 0.25) is 0 Å². The Balaban J connectivity index is 1.71. The highest BCUT2D eigenvalue weighted by Gasteiger charge is 2.22. The second kappa shape index (κ2) is 8.45. The summed E-state index contributed by atoms with van der Waals surface area (Å²) in [7, 11) is 0. The number of aryl methyl sites for hydroxylation is 2. The molecule has 0 bridgehead atoms. The molecular weight excluding hydrogens is 388 g/mol. The molecule has 1 aliphatic rings. The molecule has 0 amide bonds. The molecule has 0 aliphatic carbocycles. The highest BCUT2D eigenvalue weighted by molar-refractivity contribution is 7.99. The Hall–Kier alpha value is -2.18. The maximum absolute atomic E-state index is 13.2. The van der Waals surface area contributed by atoms with Gasteiger partial charge < -0.3 is 4.74 Å². The number of thioether (sulfide) groups is 2. The molecule has 144 valence electrons. The van der Waals surface area contributed by atoms with Crippen molar-refractivity contribution in [1.82, 2.24) is 9.55 Å². The van der Waals surface area contributed by atoms with E-state index in [9.17, 15) is 4.79 Å². The lowest BCUT2D eigenvalue weighted by Crippen LogP contribution is -2.23. The molecule has 0 N–H and O–H groups in total. The van der Waals surface area contributed by atoms with E-state index in [0.29, 0.717) is 6.61 Å². The number of ether oxygens (including phenoxy) is 1. The van der Waals surface area contributed by atoms with Crippen molar-refractivity contribution in [2.45, 2.75) is 36.1 Å². The first-order chi connectivity index (χ1) is 13.7. The third-order valence-corrected chi connectivity index (χ3v) is 6.68. The molecule has 0 radical (unpaired) electrons. The van der Waals surface area contributed by atoms with Crippen molar-refractivity contribution in [1.29, 1.82) is 0 Å². The molecule has 0 saturated carbocycles. The molecule has 6 heteroatoms. The fraction of sp³-hybridized carbons (Fsp3) is 0.273. The molecule has 2 aromatic carbocycles. The number of hydrogen-bond acceptors (Lipinski definition) is 5. The van der Waals surface area contributed by atoms with E-state index in [-0.39, 0.29) is 5.56 Å². The number of fused-ring (bicyclic) bond motifs is 1. The van der Waals surface area contributed by atoms with Crippen molar-refractivity contribution < 1.29 is 4.74 Å². The summed E-state index contributed by atoms with van der Waals surface area (Å²) in [6.45, 7) is 4.66. The first-order valence-electron chi connectivity index (χ1n) is 9.36. The van der Waals surface area contributed by atoms with Crippen molar-refractivity contribution in [3.8, 4) is 11.4 Å². The lowest BCUT2D eigenvalue weighted by molar-refractivity contribution is 0.340. The monoisotopic (exact) mass is 410 g/mol. The smallest absolute Gasteiger partial charge is 0.272 e. The fourth-order valence-corrected chi connectivity index (χ4v) is 5.12. The van der Waals surface area contributed by atoms with Crippen molar-refractivity contribution in [3.05, 3.63) is 75.7 Å². The van der Waals surface area contributed by atoms with Gasteiger partial charge in [-0.1, -0.05) is 41.6 Å². The molecule has 3 aromatic rings. The normalized spacial score (nSPS) is 12.8. The predicted molar refractivity (Wildman–Crippen MR) is 116 cm³/mol. The van der Waals surface area contributed by atoms with Crippen molar-refractivity contribution in [3.63, 3.8) is 0 Å². The Kier molecular flexibility index (Phi) is 5.78. The number of benzene rings is 2. The van der Waals surface area contributed by atoms with Crippen LogP contribution in [0.25, 0.3) is 5.69 Å². The van der Waals surface area contributed by atoms with Crippen molar-refractivity contribution in [2.24, 2.45) is 0 Å². The topological polar surface area (TPSA) is 44.1 Å². The summed E-state index contributed by atoms with van der Waals surface area (Å²) in [6.07, 6.45) is 0.859. The highest BCUT2D eigenvalue weighted by Crippen LogP contribution is 2.31. The summed E-state index contributed by atoms with van der Waals surface area (Å²) in [5.74, 6) is 2.50. The Morgan fingerprint density at radius 3 is 2.61 bits per heavy atom. The molecule has 0 atom stereocenters. The Morgan fingerprint density at radius 1 is 1.14 bits per heavy atom. The molecule has 0 unspecified atom stereocenters. The van der Waals surface area contributed by atoms with E-state index in [1.807, 2.05) is 31.2 Å². The molecule has 0 fully saturated rings. The second-order valence-corrected chi connectivity index (χ2v) is 8.66. The highest BCUT2D eigenvalue weighted by atomic mass is 32.2. The molecule has 0 spiro atoms. The lowest BCUT2D eigenvalue weighted by atomic mass is 10.2. The summed E-state index contributed by atoms with van der Waals surface area (Å²) < 4.78 is 7.28. The number of aromatic nitrogens is 2. The molecule has 2 heterocycles. The minimum absolute atomic E-state index is 0.0306. The van der Waals surface area contributed by atoms with Crippen LogP contribution in [-0.4, -0.2) is 21.9 Å². The molecule has 4 rings (SSSR count). The van der Waals surface area contributed by atoms with Crippen LogP contribution in [0.1, 0.15) is 23.7 Å². The van der Waals surface area contributed by atoms with Gasteiger partial charge in [0.15, 0.2) is 5.16 Å². The largest absolute Gasteiger partial charge is 0.494 e. The molecular formula is C22H22N2O2S2. The molecule has 4 nitrogen and oxygen atoms in total. The van der Waals surface area contributed by atoms with E-state index in [0.717, 1.165) is 45.1 Å². The zero-order chi connectivity index (χ0) is 19.5. The van der Waals surface area contributed by atoms with Crippen LogP contribution >= 0.6 is 23.5 Å². The van der Waals surface area contributed by atoms with Gasteiger partial charge in [-0.3, -0.25) is 9.36 Å². The lowest BCUT2D eigenvalue weighted by Gasteiger charge is -2.14. The summed E-state index contributed by atoms with van der Waals surface area (Å²) in [4.78, 5) is 18.8. The standard InChI is InChI=1S/C22H22N2O2S2/c1-3-26-18-10-8-17(9-11-18)24-21(25)20-19(12-13-27-20)23-22(24)28-14-16-6-4-15(2)5-7-16/h4-11H,3,12-14H2,1-2H3. The maximum atomic E-state index is 13.2. The van der Waals surface area contributed by atoms with Gasteiger partial charge in [-0.2, -0.15) is 0 Å². The van der Waals surface area contributed by atoms with E-state index in [1.54, 1.807) is 28.1 Å². The molecule has 0 saturated heterocycles. The molecule has 28 heavy (non-hydrogen) atoms. The summed E-state index contributed by atoms with van der Waals surface area (Å²) >= 11 is 3.22. The van der Waals surface area contributed by atoms with E-state index in [2.05, 4.69) is 31.2 Å². The second-order valence-electron chi connectivity index (χ2n) is 6.61. The zero-order valence-electron chi connectivity index (χ0n) is 16.0. The Bertz CT molecular complexity index is 1030. The minimum Gasteiger partial charge on any atom is -0.494 e. The van der Waals surface area contributed by atoms with Crippen LogP contribution in [0.4, 0.5) is 0 Å². The van der Waals surface area contributed by atoms with Gasteiger partial charge in [0.05, 0.1) is 22.9 Å². The zero-order valence-corrected chi connectivity index (χ0v) is 17.6. The van der Waals surface area contributed by atoms with Crippen LogP contribution in [0.3, 0.4) is 0 Å². The van der Waals surface area contributed by atoms with Gasteiger partial charge in [0.25, 0.3) is 5.56 Å². The van der Waals surface area contributed by atoms with Crippen LogP contribution < -0.4 is 10.3 Å². The number of nitrogens with zero attached hydrogens (tertiary/aromatic N) is 2. The summed E-state index contributed by atoms with van der Waals surface area (Å²) in [5.41, 5.74) is 4.25. The molecule has 1 aliphatic heterocycles. The van der Waals surface area contributed by atoms with Crippen molar-refractivity contribution in [2.75, 3.05) is 12.4 Å². The average Bonchev–Trinajstić information content (AvgIpc) is 3.18. The van der Waals surface area contributed by atoms with E-state index in [1.165, 1.54) is 11.1 Å². The quantitative estimate of drug-likeness (QED) is 0.428. The minimum atomic E-state index is 0.0306. The Labute approximate surface area is 173 Å². The Morgan fingerprint density at radius 2 is 1.89 bits per heavy atom. The average molecular weight is 411 g/mol. The van der Waals surface area contributed by atoms with Crippen LogP contribution in [0.2, 0.25) is 0 Å². The predicted octanol–water partition coefficient (Wildman–Crippen LogP) is 4.88. The van der Waals surface area contributed by atoms with Gasteiger partial charge >= 0.3 is 0 Å². The van der Waals surface area contributed by atoms with Gasteiger partial charge in [0.1, 0.15) is 5.75 Å². The van der Waals surface area contributed by atoms with Gasteiger partial charge in [0, 0.05) is 17.9 Å². The van der Waals surface area contributed by atoms with Crippen LogP contribution in [0, 0.1) is 6.92 Å². The van der Waals surface area contributed by atoms with Crippen LogP contribution in [0.15, 0.2) is 63.4 Å². The van der Waals surface area contributed by atoms with E-state index in [4.69, 9.17) is 9.72 Å². The van der Waals surface area contributed by atoms with Crippen LogP contribution in [0.5, 0.6) is 5.75 Å². The van der Waals surface area contributed by atoms with Gasteiger partial charge in [-0.15, -0.1) is 11.8 Å². The van der Waals surface area contributed by atoms with Crippen LogP contribution in [-0.2, 0) is 12.2 Å². The van der Waals surface area contributed by atoms with E-state index >= 15 is 0 Å². The fourth-order valence-electron chi connectivity index (χ4n) is 3.11. The third-order valence-electron chi connectivity index (χ3n) is 4.56. The third kappa shape index (κ3) is 3.98. The summed E-state index contributed by atoms with van der Waals surface area (Å²) in [6, 6.07) is 16.1. The first kappa shape index (κ1) is 19.2. The van der Waals surface area contributed by atoms with Gasteiger partial charge in [-0.05, 0) is 43.7 Å². The number of hydrogen-bond donors (Lipinski definition) is 0. The first-order valence-corrected chi connectivity index (χ1v) is 11.3. The van der Waals surface area contributed by atoms with E-state index < -0.39 is 0 Å². The maximum Gasteiger partial charge on any atom is 0.272 e.